The minimum atomic E-state index is -0.479. The highest BCUT2D eigenvalue weighted by Gasteiger charge is 2.18. The van der Waals surface area contributed by atoms with Gasteiger partial charge < -0.3 is 14.2 Å². The number of hydrogen-bond acceptors (Lipinski definition) is 5. The number of carbonyl (C=O) groups is 2. The van der Waals surface area contributed by atoms with Crippen LogP contribution < -0.4 is 4.74 Å². The Bertz CT molecular complexity index is 439. The molecule has 0 spiro atoms. The summed E-state index contributed by atoms with van der Waals surface area (Å²) in [6.45, 7) is 0. The van der Waals surface area contributed by atoms with Gasteiger partial charge in [0.05, 0.1) is 21.3 Å². The standard InChI is InChI=1S/C13H16O5/c1-16-10-6-4-5-9(7-8-11(14)17-2)12(10)13(15)18-3/h4-6H,7-8H2,1-3H3. The van der Waals surface area contributed by atoms with Crippen molar-refractivity contribution in [1.82, 2.24) is 0 Å². The average Bonchev–Trinajstić information content (AvgIpc) is 2.43. The van der Waals surface area contributed by atoms with E-state index >= 15 is 0 Å². The average molecular weight is 252 g/mol. The summed E-state index contributed by atoms with van der Waals surface area (Å²) >= 11 is 0. The first-order chi connectivity index (χ1) is 8.63. The van der Waals surface area contributed by atoms with E-state index in [0.717, 1.165) is 0 Å². The van der Waals surface area contributed by atoms with Crippen LogP contribution in [0.25, 0.3) is 0 Å². The molecule has 18 heavy (non-hydrogen) atoms. The van der Waals surface area contributed by atoms with Crippen molar-refractivity contribution in [3.05, 3.63) is 29.3 Å². The van der Waals surface area contributed by atoms with Crippen molar-refractivity contribution < 1.29 is 23.8 Å². The lowest BCUT2D eigenvalue weighted by Crippen LogP contribution is -2.10. The molecule has 5 nitrogen and oxygen atoms in total. The Morgan fingerprint density at radius 3 is 2.39 bits per heavy atom. The van der Waals surface area contributed by atoms with Crippen LogP contribution in [0.2, 0.25) is 0 Å². The second-order valence-corrected chi connectivity index (χ2v) is 3.56. The zero-order chi connectivity index (χ0) is 13.5. The first-order valence-electron chi connectivity index (χ1n) is 5.45. The van der Waals surface area contributed by atoms with Crippen molar-refractivity contribution in [1.29, 1.82) is 0 Å². The van der Waals surface area contributed by atoms with Gasteiger partial charge in [0.2, 0.25) is 0 Å². The quantitative estimate of drug-likeness (QED) is 0.745. The normalized spacial score (nSPS) is 9.72. The summed E-state index contributed by atoms with van der Waals surface area (Å²) in [6, 6.07) is 5.20. The fourth-order valence-electron chi connectivity index (χ4n) is 1.63. The van der Waals surface area contributed by atoms with Crippen LogP contribution in [0.15, 0.2) is 18.2 Å². The largest absolute Gasteiger partial charge is 0.496 e. The monoisotopic (exact) mass is 252 g/mol. The number of aryl methyl sites for hydroxylation is 1. The molecule has 0 aliphatic rings. The van der Waals surface area contributed by atoms with Crippen LogP contribution in [0, 0.1) is 0 Å². The molecule has 0 atom stereocenters. The molecule has 0 saturated carbocycles. The maximum Gasteiger partial charge on any atom is 0.341 e. The van der Waals surface area contributed by atoms with E-state index in [1.807, 2.05) is 0 Å². The molecule has 0 aliphatic heterocycles. The van der Waals surface area contributed by atoms with Crippen molar-refractivity contribution in [2.45, 2.75) is 12.8 Å². The van der Waals surface area contributed by atoms with Crippen LogP contribution >= 0.6 is 0 Å². The smallest absolute Gasteiger partial charge is 0.341 e. The fourth-order valence-corrected chi connectivity index (χ4v) is 1.63. The Morgan fingerprint density at radius 2 is 1.83 bits per heavy atom. The zero-order valence-corrected chi connectivity index (χ0v) is 10.7. The first kappa shape index (κ1) is 14.0. The Kier molecular flexibility index (Phi) is 5.17. The number of methoxy groups -OCH3 is 3. The number of carbonyl (C=O) groups excluding carboxylic acids is 2. The Hall–Kier alpha value is -2.04. The van der Waals surface area contributed by atoms with Crippen molar-refractivity contribution in [3.8, 4) is 5.75 Å². The van der Waals surface area contributed by atoms with E-state index in [0.29, 0.717) is 23.3 Å². The van der Waals surface area contributed by atoms with E-state index < -0.39 is 5.97 Å². The van der Waals surface area contributed by atoms with Crippen LogP contribution in [0.3, 0.4) is 0 Å². The molecular formula is C13H16O5. The molecular weight excluding hydrogens is 236 g/mol. The van der Waals surface area contributed by atoms with E-state index in [4.69, 9.17) is 9.47 Å². The highest BCUT2D eigenvalue weighted by atomic mass is 16.5. The van der Waals surface area contributed by atoms with Crippen LogP contribution in [-0.4, -0.2) is 33.3 Å². The lowest BCUT2D eigenvalue weighted by molar-refractivity contribution is -0.140. The third kappa shape index (κ3) is 3.23. The predicted molar refractivity (Wildman–Crippen MR) is 64.7 cm³/mol. The lowest BCUT2D eigenvalue weighted by atomic mass is 10.0. The third-order valence-electron chi connectivity index (χ3n) is 2.55. The summed E-state index contributed by atoms with van der Waals surface area (Å²) in [5.74, 6) is -0.370. The summed E-state index contributed by atoms with van der Waals surface area (Å²) in [7, 11) is 4.11. The van der Waals surface area contributed by atoms with E-state index in [9.17, 15) is 9.59 Å². The van der Waals surface area contributed by atoms with E-state index in [2.05, 4.69) is 4.74 Å². The van der Waals surface area contributed by atoms with Crippen molar-refractivity contribution in [2.75, 3.05) is 21.3 Å². The third-order valence-corrected chi connectivity index (χ3v) is 2.55. The molecule has 98 valence electrons. The van der Waals surface area contributed by atoms with Gasteiger partial charge in [-0.25, -0.2) is 4.79 Å². The molecule has 0 unspecified atom stereocenters. The maximum absolute atomic E-state index is 11.7. The molecule has 0 amide bonds. The molecule has 1 aromatic rings. The van der Waals surface area contributed by atoms with Gasteiger partial charge in [0, 0.05) is 6.42 Å². The van der Waals surface area contributed by atoms with E-state index in [1.165, 1.54) is 21.3 Å². The Morgan fingerprint density at radius 1 is 1.11 bits per heavy atom. The van der Waals surface area contributed by atoms with Crippen LogP contribution in [0.5, 0.6) is 5.75 Å². The second kappa shape index (κ2) is 6.64. The summed E-state index contributed by atoms with van der Waals surface area (Å²) in [5, 5.41) is 0. The highest BCUT2D eigenvalue weighted by molar-refractivity contribution is 5.94. The van der Waals surface area contributed by atoms with Gasteiger partial charge in [-0.3, -0.25) is 4.79 Å². The van der Waals surface area contributed by atoms with Gasteiger partial charge in [0.25, 0.3) is 0 Å². The first-order valence-corrected chi connectivity index (χ1v) is 5.45. The van der Waals surface area contributed by atoms with Gasteiger partial charge in [-0.05, 0) is 18.1 Å². The molecule has 1 rings (SSSR count). The zero-order valence-electron chi connectivity index (χ0n) is 10.7. The topological polar surface area (TPSA) is 61.8 Å². The van der Waals surface area contributed by atoms with Gasteiger partial charge in [0.1, 0.15) is 11.3 Å². The van der Waals surface area contributed by atoms with Crippen LogP contribution in [0.4, 0.5) is 0 Å². The summed E-state index contributed by atoms with van der Waals surface area (Å²) in [4.78, 5) is 22.8. The highest BCUT2D eigenvalue weighted by Crippen LogP contribution is 2.24. The number of ether oxygens (including phenoxy) is 3. The van der Waals surface area contributed by atoms with Crippen molar-refractivity contribution >= 4 is 11.9 Å². The Balaban J connectivity index is 3.02. The Labute approximate surface area is 106 Å². The summed E-state index contributed by atoms with van der Waals surface area (Å²) < 4.78 is 14.4. The van der Waals surface area contributed by atoms with Crippen LogP contribution in [-0.2, 0) is 20.7 Å². The number of rotatable bonds is 5. The summed E-state index contributed by atoms with van der Waals surface area (Å²) in [6.07, 6.45) is 0.599. The maximum atomic E-state index is 11.7. The molecule has 0 aliphatic carbocycles. The molecule has 0 N–H and O–H groups in total. The molecule has 0 saturated heterocycles. The van der Waals surface area contributed by atoms with Gasteiger partial charge >= 0.3 is 11.9 Å². The fraction of sp³-hybridized carbons (Fsp3) is 0.385. The van der Waals surface area contributed by atoms with Crippen molar-refractivity contribution in [3.63, 3.8) is 0 Å². The number of esters is 2. The minimum absolute atomic E-state index is 0.202. The molecule has 0 heterocycles. The van der Waals surface area contributed by atoms with E-state index in [1.54, 1.807) is 18.2 Å². The van der Waals surface area contributed by atoms with Gasteiger partial charge in [-0.1, -0.05) is 12.1 Å². The van der Waals surface area contributed by atoms with E-state index in [-0.39, 0.29) is 12.4 Å². The van der Waals surface area contributed by atoms with Gasteiger partial charge in [-0.2, -0.15) is 0 Å². The molecule has 5 heteroatoms. The molecule has 0 aromatic heterocycles. The molecule has 1 aromatic carbocycles. The van der Waals surface area contributed by atoms with Crippen LogP contribution in [0.1, 0.15) is 22.3 Å². The number of hydrogen-bond donors (Lipinski definition) is 0. The number of benzene rings is 1. The lowest BCUT2D eigenvalue weighted by Gasteiger charge is -2.11. The predicted octanol–water partition coefficient (Wildman–Crippen LogP) is 1.59. The minimum Gasteiger partial charge on any atom is -0.496 e. The second-order valence-electron chi connectivity index (χ2n) is 3.56. The SMILES string of the molecule is COC(=O)CCc1cccc(OC)c1C(=O)OC. The molecule has 0 bridgehead atoms. The summed E-state index contributed by atoms with van der Waals surface area (Å²) in [5.41, 5.74) is 1.05. The molecule has 0 radical (unpaired) electrons. The van der Waals surface area contributed by atoms with Crippen molar-refractivity contribution in [2.24, 2.45) is 0 Å². The van der Waals surface area contributed by atoms with Gasteiger partial charge in [-0.15, -0.1) is 0 Å². The molecule has 0 fully saturated rings. The van der Waals surface area contributed by atoms with Gasteiger partial charge in [0.15, 0.2) is 0 Å².